The molecule has 11 nitrogen and oxygen atoms in total. The number of amides is 1. The smallest absolute Gasteiger partial charge is 0.381 e. The Hall–Kier alpha value is -2.99. The molecule has 0 atom stereocenters. The lowest BCUT2D eigenvalue weighted by Gasteiger charge is -2.21. The molecule has 0 unspecified atom stereocenters. The van der Waals surface area contributed by atoms with Crippen molar-refractivity contribution in [3.8, 4) is 5.75 Å². The number of aromatic nitrogens is 2. The second-order valence-corrected chi connectivity index (χ2v) is 7.80. The Bertz CT molecular complexity index is 984. The van der Waals surface area contributed by atoms with Gasteiger partial charge in [-0.15, -0.1) is 0 Å². The Balaban J connectivity index is 2.27. The number of benzene rings is 1. The summed E-state index contributed by atoms with van der Waals surface area (Å²) in [5.41, 5.74) is 0.263. The number of hydrogen-bond acceptors (Lipinski definition) is 7. The molecule has 0 aliphatic heterocycles. The van der Waals surface area contributed by atoms with Crippen molar-refractivity contribution in [1.29, 1.82) is 0 Å². The molecular weight excluding hydrogens is 402 g/mol. The first-order valence-electron chi connectivity index (χ1n) is 8.95. The topological polar surface area (TPSA) is 137 Å². The molecule has 29 heavy (non-hydrogen) atoms. The average Bonchev–Trinajstić information content (AvgIpc) is 3.12. The quantitative estimate of drug-likeness (QED) is 0.453. The normalized spacial score (nSPS) is 11.4. The molecule has 1 aromatic carbocycles. The predicted octanol–water partition coefficient (Wildman–Crippen LogP) is 1.86. The van der Waals surface area contributed by atoms with Crippen molar-refractivity contribution in [3.63, 3.8) is 0 Å². The van der Waals surface area contributed by atoms with Crippen LogP contribution >= 0.6 is 0 Å². The van der Waals surface area contributed by atoms with Gasteiger partial charge in [0, 0.05) is 18.8 Å². The first-order chi connectivity index (χ1) is 13.7. The minimum absolute atomic E-state index is 0.0425. The van der Waals surface area contributed by atoms with Crippen LogP contribution in [-0.2, 0) is 21.4 Å². The third-order valence-corrected chi connectivity index (χ3v) is 6.05. The van der Waals surface area contributed by atoms with Crippen molar-refractivity contribution in [2.24, 2.45) is 0 Å². The molecule has 0 saturated heterocycles. The fraction of sp³-hybridized carbons (Fsp3) is 0.412. The highest BCUT2D eigenvalue weighted by Crippen LogP contribution is 2.30. The predicted molar refractivity (Wildman–Crippen MR) is 105 cm³/mol. The van der Waals surface area contributed by atoms with E-state index in [2.05, 4.69) is 10.3 Å². The van der Waals surface area contributed by atoms with Crippen LogP contribution in [0.3, 0.4) is 0 Å². The van der Waals surface area contributed by atoms with Gasteiger partial charge in [0.15, 0.2) is 0 Å². The van der Waals surface area contributed by atoms with Crippen molar-refractivity contribution in [2.75, 3.05) is 25.0 Å². The van der Waals surface area contributed by atoms with E-state index in [9.17, 15) is 23.3 Å². The Morgan fingerprint density at radius 1 is 1.31 bits per heavy atom. The Labute approximate surface area is 168 Å². The summed E-state index contributed by atoms with van der Waals surface area (Å²) in [6, 6.07) is 4.35. The zero-order valence-electron chi connectivity index (χ0n) is 16.4. The molecule has 2 aromatic rings. The zero-order chi connectivity index (χ0) is 21.6. The first-order valence-corrected chi connectivity index (χ1v) is 10.4. The molecule has 0 radical (unpaired) electrons. The Morgan fingerprint density at radius 3 is 2.55 bits per heavy atom. The van der Waals surface area contributed by atoms with Crippen LogP contribution in [0, 0.1) is 10.1 Å². The van der Waals surface area contributed by atoms with Gasteiger partial charge in [0.1, 0.15) is 23.4 Å². The fourth-order valence-corrected chi connectivity index (χ4v) is 4.28. The van der Waals surface area contributed by atoms with Crippen molar-refractivity contribution in [2.45, 2.75) is 32.2 Å². The highest BCUT2D eigenvalue weighted by Gasteiger charge is 2.26. The van der Waals surface area contributed by atoms with Gasteiger partial charge in [-0.2, -0.15) is 4.31 Å². The van der Waals surface area contributed by atoms with E-state index in [1.807, 2.05) is 0 Å². The van der Waals surface area contributed by atoms with Gasteiger partial charge in [-0.3, -0.25) is 4.79 Å². The molecule has 0 aliphatic carbocycles. The number of rotatable bonds is 10. The second-order valence-electron chi connectivity index (χ2n) is 5.89. The molecule has 1 heterocycles. The van der Waals surface area contributed by atoms with E-state index in [1.165, 1.54) is 33.4 Å². The van der Waals surface area contributed by atoms with Gasteiger partial charge in [-0.25, -0.2) is 8.42 Å². The van der Waals surface area contributed by atoms with Crippen LogP contribution in [0.15, 0.2) is 35.6 Å². The molecule has 0 bridgehead atoms. The summed E-state index contributed by atoms with van der Waals surface area (Å²) in [5.74, 6) is -0.665. The molecule has 12 heteroatoms. The van der Waals surface area contributed by atoms with Gasteiger partial charge < -0.3 is 24.7 Å². The number of nitrogens with zero attached hydrogens (tertiary/aromatic N) is 4. The van der Waals surface area contributed by atoms with Gasteiger partial charge in [0.25, 0.3) is 0 Å². The van der Waals surface area contributed by atoms with Gasteiger partial charge in [-0.05, 0) is 35.0 Å². The van der Waals surface area contributed by atoms with Crippen LogP contribution in [0.2, 0.25) is 0 Å². The van der Waals surface area contributed by atoms with Crippen molar-refractivity contribution >= 4 is 27.4 Å². The minimum atomic E-state index is -3.81. The van der Waals surface area contributed by atoms with Crippen molar-refractivity contribution < 1.29 is 22.9 Å². The highest BCUT2D eigenvalue weighted by molar-refractivity contribution is 7.89. The number of anilines is 1. The molecule has 0 fully saturated rings. The van der Waals surface area contributed by atoms with Crippen molar-refractivity contribution in [3.05, 3.63) is 40.8 Å². The van der Waals surface area contributed by atoms with E-state index in [0.717, 1.165) is 6.20 Å². The SMILES string of the molecule is CCOc1ccc(NC(=O)Cn2cnc([N+](=O)[O-])c2)cc1S(=O)(=O)N(CC)CC. The summed E-state index contributed by atoms with van der Waals surface area (Å²) in [6.45, 7) is 5.86. The molecule has 0 saturated carbocycles. The maximum Gasteiger partial charge on any atom is 0.381 e. The Kier molecular flexibility index (Phi) is 7.29. The van der Waals surface area contributed by atoms with E-state index in [4.69, 9.17) is 4.74 Å². The van der Waals surface area contributed by atoms with E-state index >= 15 is 0 Å². The summed E-state index contributed by atoms with van der Waals surface area (Å²) >= 11 is 0. The van der Waals surface area contributed by atoms with Crippen LogP contribution in [0.25, 0.3) is 0 Å². The largest absolute Gasteiger partial charge is 0.492 e. The van der Waals surface area contributed by atoms with Crippen molar-refractivity contribution in [1.82, 2.24) is 13.9 Å². The number of ether oxygens (including phenoxy) is 1. The van der Waals surface area contributed by atoms with E-state index in [-0.39, 0.29) is 35.3 Å². The molecule has 0 aliphatic rings. The molecule has 2 rings (SSSR count). The standard InChI is InChI=1S/C17H23N5O6S/c1-4-21(5-2)29(26,27)15-9-13(7-8-14(15)28-6-3)19-17(23)11-20-10-16(18-12-20)22(24)25/h7-10,12H,4-6,11H2,1-3H3,(H,19,23). The zero-order valence-corrected chi connectivity index (χ0v) is 17.2. The second kappa shape index (κ2) is 9.47. The highest BCUT2D eigenvalue weighted by atomic mass is 32.2. The molecule has 1 amide bonds. The van der Waals surface area contributed by atoms with Crippen LogP contribution < -0.4 is 10.1 Å². The number of imidazole rings is 1. The molecular formula is C17H23N5O6S. The van der Waals surface area contributed by atoms with Gasteiger partial charge >= 0.3 is 5.82 Å². The Morgan fingerprint density at radius 2 is 2.00 bits per heavy atom. The van der Waals surface area contributed by atoms with E-state index in [1.54, 1.807) is 20.8 Å². The van der Waals surface area contributed by atoms with Gasteiger partial charge in [-0.1, -0.05) is 13.8 Å². The monoisotopic (exact) mass is 425 g/mol. The van der Waals surface area contributed by atoms with Gasteiger partial charge in [0.2, 0.25) is 22.3 Å². The summed E-state index contributed by atoms with van der Waals surface area (Å²) in [4.78, 5) is 25.8. The lowest BCUT2D eigenvalue weighted by Crippen LogP contribution is -2.31. The number of carbonyl (C=O) groups is 1. The number of hydrogen-bond donors (Lipinski definition) is 1. The average molecular weight is 425 g/mol. The maximum absolute atomic E-state index is 12.9. The van der Waals surface area contributed by atoms with Gasteiger partial charge in [0.05, 0.1) is 6.61 Å². The maximum atomic E-state index is 12.9. The summed E-state index contributed by atoms with van der Waals surface area (Å²) < 4.78 is 33.9. The molecule has 158 valence electrons. The summed E-state index contributed by atoms with van der Waals surface area (Å²) in [5, 5.41) is 13.3. The lowest BCUT2D eigenvalue weighted by molar-refractivity contribution is -0.389. The van der Waals surface area contributed by atoms with Crippen LogP contribution in [0.1, 0.15) is 20.8 Å². The molecule has 1 N–H and O–H groups in total. The molecule has 1 aromatic heterocycles. The third kappa shape index (κ3) is 5.29. The third-order valence-electron chi connectivity index (χ3n) is 3.98. The summed E-state index contributed by atoms with van der Waals surface area (Å²) in [7, 11) is -3.81. The molecule has 0 spiro atoms. The lowest BCUT2D eigenvalue weighted by atomic mass is 10.3. The van der Waals surface area contributed by atoms with Crippen LogP contribution in [0.5, 0.6) is 5.75 Å². The van der Waals surface area contributed by atoms with E-state index < -0.39 is 20.9 Å². The van der Waals surface area contributed by atoms with Crippen LogP contribution in [-0.4, -0.2) is 52.8 Å². The number of carbonyl (C=O) groups excluding carboxylic acids is 1. The number of sulfonamides is 1. The first kappa shape index (κ1) is 22.3. The summed E-state index contributed by atoms with van der Waals surface area (Å²) in [6.07, 6.45) is 2.31. The number of nitrogens with one attached hydrogen (secondary N) is 1. The number of nitro groups is 1. The minimum Gasteiger partial charge on any atom is -0.492 e. The fourth-order valence-electron chi connectivity index (χ4n) is 2.66. The van der Waals surface area contributed by atoms with E-state index in [0.29, 0.717) is 13.1 Å². The van der Waals surface area contributed by atoms with Crippen LogP contribution in [0.4, 0.5) is 11.5 Å².